The summed E-state index contributed by atoms with van der Waals surface area (Å²) in [6.45, 7) is 0.719. The summed E-state index contributed by atoms with van der Waals surface area (Å²) >= 11 is 0. The van der Waals surface area contributed by atoms with Gasteiger partial charge in [0.05, 0.1) is 17.2 Å². The molecular formula is C18H19F2N5O. The predicted molar refractivity (Wildman–Crippen MR) is 91.0 cm³/mol. The molecule has 0 aliphatic carbocycles. The van der Waals surface area contributed by atoms with Gasteiger partial charge in [-0.25, -0.2) is 13.8 Å². The minimum absolute atomic E-state index is 0.0322. The number of amides is 1. The summed E-state index contributed by atoms with van der Waals surface area (Å²) in [6.07, 6.45) is 7.73. The van der Waals surface area contributed by atoms with Gasteiger partial charge in [-0.2, -0.15) is 0 Å². The van der Waals surface area contributed by atoms with Crippen molar-refractivity contribution in [2.75, 3.05) is 31.1 Å². The summed E-state index contributed by atoms with van der Waals surface area (Å²) in [5.41, 5.74) is -0.836. The van der Waals surface area contributed by atoms with Crippen LogP contribution in [-0.2, 0) is 0 Å². The second-order valence-electron chi connectivity index (χ2n) is 6.94. The second kappa shape index (κ2) is 6.26. The number of aromatic nitrogens is 3. The Hall–Kier alpha value is -2.64. The van der Waals surface area contributed by atoms with Crippen molar-refractivity contribution >= 4 is 11.7 Å². The van der Waals surface area contributed by atoms with Crippen LogP contribution in [0.3, 0.4) is 0 Å². The normalized spacial score (nSPS) is 24.8. The highest BCUT2D eigenvalue weighted by Crippen LogP contribution is 2.50. The van der Waals surface area contributed by atoms with Crippen LogP contribution in [0.25, 0.3) is 0 Å². The lowest BCUT2D eigenvalue weighted by Gasteiger charge is -2.45. The van der Waals surface area contributed by atoms with E-state index in [1.54, 1.807) is 36.9 Å². The van der Waals surface area contributed by atoms with Gasteiger partial charge < -0.3 is 9.80 Å². The summed E-state index contributed by atoms with van der Waals surface area (Å²) in [5, 5.41) is 0. The average Bonchev–Trinajstić information content (AvgIpc) is 3.11. The molecule has 0 N–H and O–H groups in total. The van der Waals surface area contributed by atoms with E-state index in [2.05, 4.69) is 15.0 Å². The van der Waals surface area contributed by atoms with Crippen molar-refractivity contribution in [3.05, 3.63) is 48.7 Å². The van der Waals surface area contributed by atoms with Crippen LogP contribution in [0.15, 0.2) is 43.1 Å². The number of anilines is 1. The topological polar surface area (TPSA) is 62.2 Å². The third kappa shape index (κ3) is 2.79. The zero-order chi connectivity index (χ0) is 18.2. The third-order valence-corrected chi connectivity index (χ3v) is 5.39. The molecule has 2 saturated heterocycles. The molecular weight excluding hydrogens is 340 g/mol. The third-order valence-electron chi connectivity index (χ3n) is 5.39. The molecule has 0 bridgehead atoms. The zero-order valence-corrected chi connectivity index (χ0v) is 14.2. The molecule has 8 heteroatoms. The smallest absolute Gasteiger partial charge is 0.258 e. The van der Waals surface area contributed by atoms with Crippen LogP contribution >= 0.6 is 0 Å². The molecule has 0 radical (unpaired) electrons. The molecule has 4 heterocycles. The monoisotopic (exact) mass is 359 g/mol. The van der Waals surface area contributed by atoms with E-state index >= 15 is 0 Å². The Morgan fingerprint density at radius 3 is 2.62 bits per heavy atom. The van der Waals surface area contributed by atoms with Gasteiger partial charge in [-0.15, -0.1) is 0 Å². The van der Waals surface area contributed by atoms with E-state index in [1.807, 2.05) is 4.90 Å². The maximum absolute atomic E-state index is 14.9. The van der Waals surface area contributed by atoms with Gasteiger partial charge in [-0.05, 0) is 18.6 Å². The lowest BCUT2D eigenvalue weighted by molar-refractivity contribution is -0.150. The van der Waals surface area contributed by atoms with Gasteiger partial charge in [-0.1, -0.05) is 0 Å². The Morgan fingerprint density at radius 1 is 1.04 bits per heavy atom. The fraction of sp³-hybridized carbons (Fsp3) is 0.444. The summed E-state index contributed by atoms with van der Waals surface area (Å²) < 4.78 is 29.8. The van der Waals surface area contributed by atoms with Crippen LogP contribution in [0.2, 0.25) is 0 Å². The van der Waals surface area contributed by atoms with Crippen LogP contribution in [0.4, 0.5) is 14.6 Å². The Morgan fingerprint density at radius 2 is 1.88 bits per heavy atom. The number of pyridine rings is 1. The van der Waals surface area contributed by atoms with E-state index in [4.69, 9.17) is 0 Å². The van der Waals surface area contributed by atoms with Crippen LogP contribution in [-0.4, -0.2) is 57.9 Å². The number of carbonyl (C=O) groups is 1. The SMILES string of the molecule is O=C(c1cccnc1)N1CCC(F)(F)C2(CCN(c3cnccn3)C2)C1. The van der Waals surface area contributed by atoms with E-state index in [9.17, 15) is 13.6 Å². The van der Waals surface area contributed by atoms with Crippen molar-refractivity contribution in [3.63, 3.8) is 0 Å². The molecule has 1 spiro atoms. The number of alkyl halides is 2. The molecule has 2 aromatic rings. The summed E-state index contributed by atoms with van der Waals surface area (Å²) in [5.74, 6) is -2.47. The maximum Gasteiger partial charge on any atom is 0.258 e. The lowest BCUT2D eigenvalue weighted by atomic mass is 9.75. The Balaban J connectivity index is 1.57. The Labute approximate surface area is 149 Å². The number of carbonyl (C=O) groups excluding carboxylic acids is 1. The number of nitrogens with zero attached hydrogens (tertiary/aromatic N) is 5. The number of hydrogen-bond donors (Lipinski definition) is 0. The molecule has 0 saturated carbocycles. The van der Waals surface area contributed by atoms with Crippen molar-refractivity contribution in [2.24, 2.45) is 5.41 Å². The van der Waals surface area contributed by atoms with Gasteiger partial charge in [0.2, 0.25) is 0 Å². The van der Waals surface area contributed by atoms with Crippen molar-refractivity contribution in [1.29, 1.82) is 0 Å². The first-order chi connectivity index (χ1) is 12.5. The van der Waals surface area contributed by atoms with Gasteiger partial charge in [-0.3, -0.25) is 14.8 Å². The maximum atomic E-state index is 14.9. The van der Waals surface area contributed by atoms with E-state index in [1.165, 1.54) is 11.1 Å². The van der Waals surface area contributed by atoms with Crippen molar-refractivity contribution < 1.29 is 13.6 Å². The number of hydrogen-bond acceptors (Lipinski definition) is 5. The number of piperidine rings is 1. The minimum atomic E-state index is -2.82. The fourth-order valence-electron chi connectivity index (χ4n) is 3.90. The Kier molecular flexibility index (Phi) is 4.05. The number of rotatable bonds is 2. The second-order valence-corrected chi connectivity index (χ2v) is 6.94. The first-order valence-corrected chi connectivity index (χ1v) is 8.59. The Bertz CT molecular complexity index is 789. The highest BCUT2D eigenvalue weighted by molar-refractivity contribution is 5.94. The van der Waals surface area contributed by atoms with Gasteiger partial charge in [0, 0.05) is 57.4 Å². The molecule has 2 aliphatic heterocycles. The van der Waals surface area contributed by atoms with Gasteiger partial charge in [0.15, 0.2) is 0 Å². The molecule has 2 fully saturated rings. The van der Waals surface area contributed by atoms with Crippen LogP contribution in [0, 0.1) is 5.41 Å². The van der Waals surface area contributed by atoms with Crippen LogP contribution < -0.4 is 4.90 Å². The van der Waals surface area contributed by atoms with Gasteiger partial charge >= 0.3 is 0 Å². The number of likely N-dealkylation sites (tertiary alicyclic amines) is 1. The predicted octanol–water partition coefficient (Wildman–Crippen LogP) is 2.25. The first-order valence-electron chi connectivity index (χ1n) is 8.59. The van der Waals surface area contributed by atoms with Crippen LogP contribution in [0.1, 0.15) is 23.2 Å². The van der Waals surface area contributed by atoms with E-state index in [0.29, 0.717) is 24.3 Å². The van der Waals surface area contributed by atoms with Crippen molar-refractivity contribution in [3.8, 4) is 0 Å². The molecule has 1 unspecified atom stereocenters. The summed E-state index contributed by atoms with van der Waals surface area (Å²) in [4.78, 5) is 28.3. The average molecular weight is 359 g/mol. The standard InChI is InChI=1S/C18H19F2N5O/c19-18(20)4-9-25(16(26)14-2-1-5-21-10-14)13-17(18)3-8-24(12-17)15-11-22-6-7-23-15/h1-2,5-7,10-11H,3-4,8-9,12-13H2. The molecule has 26 heavy (non-hydrogen) atoms. The van der Waals surface area contributed by atoms with Crippen molar-refractivity contribution in [1.82, 2.24) is 19.9 Å². The molecule has 6 nitrogen and oxygen atoms in total. The molecule has 136 valence electrons. The molecule has 4 rings (SSSR count). The zero-order valence-electron chi connectivity index (χ0n) is 14.2. The minimum Gasteiger partial charge on any atom is -0.354 e. The molecule has 1 atom stereocenters. The lowest BCUT2D eigenvalue weighted by Crippen LogP contribution is -2.58. The van der Waals surface area contributed by atoms with Gasteiger partial charge in [0.1, 0.15) is 5.82 Å². The largest absolute Gasteiger partial charge is 0.354 e. The van der Waals surface area contributed by atoms with E-state index in [-0.39, 0.29) is 32.0 Å². The molecule has 1 amide bonds. The fourth-order valence-corrected chi connectivity index (χ4v) is 3.90. The van der Waals surface area contributed by atoms with Crippen molar-refractivity contribution in [2.45, 2.75) is 18.8 Å². The van der Waals surface area contributed by atoms with E-state index < -0.39 is 11.3 Å². The summed E-state index contributed by atoms with van der Waals surface area (Å²) in [6, 6.07) is 3.34. The molecule has 2 aromatic heterocycles. The highest BCUT2D eigenvalue weighted by Gasteiger charge is 2.60. The molecule has 2 aliphatic rings. The quantitative estimate of drug-likeness (QED) is 0.823. The van der Waals surface area contributed by atoms with E-state index in [0.717, 1.165) is 0 Å². The first kappa shape index (κ1) is 16.8. The van der Waals surface area contributed by atoms with Gasteiger partial charge in [0.25, 0.3) is 11.8 Å². The van der Waals surface area contributed by atoms with Crippen LogP contribution in [0.5, 0.6) is 0 Å². The summed E-state index contributed by atoms with van der Waals surface area (Å²) in [7, 11) is 0. The molecule has 0 aromatic carbocycles. The number of halogens is 2. The highest BCUT2D eigenvalue weighted by atomic mass is 19.3.